The van der Waals surface area contributed by atoms with E-state index in [4.69, 9.17) is 16.7 Å². The van der Waals surface area contributed by atoms with Gasteiger partial charge in [0.25, 0.3) is 5.69 Å². The highest BCUT2D eigenvalue weighted by molar-refractivity contribution is 6.34. The number of halogens is 1. The van der Waals surface area contributed by atoms with E-state index in [0.717, 1.165) is 25.0 Å². The van der Waals surface area contributed by atoms with Gasteiger partial charge in [0.15, 0.2) is 0 Å². The molecule has 0 aliphatic carbocycles. The summed E-state index contributed by atoms with van der Waals surface area (Å²) in [4.78, 5) is 21.2. The predicted molar refractivity (Wildman–Crippen MR) is 77.6 cm³/mol. The van der Waals surface area contributed by atoms with Crippen molar-refractivity contribution in [2.75, 3.05) is 11.9 Å². The van der Waals surface area contributed by atoms with Crippen LogP contribution in [-0.2, 0) is 0 Å². The van der Waals surface area contributed by atoms with Crippen LogP contribution in [-0.4, -0.2) is 22.5 Å². The monoisotopic (exact) mass is 300 g/mol. The van der Waals surface area contributed by atoms with E-state index in [1.54, 1.807) is 0 Å². The number of carbonyl (C=O) groups is 1. The molecule has 0 atom stereocenters. The molecule has 0 unspecified atom stereocenters. The molecule has 1 aromatic carbocycles. The van der Waals surface area contributed by atoms with Crippen molar-refractivity contribution < 1.29 is 14.8 Å². The average molecular weight is 301 g/mol. The molecule has 0 heterocycles. The third-order valence-electron chi connectivity index (χ3n) is 2.78. The highest BCUT2D eigenvalue weighted by atomic mass is 35.5. The van der Waals surface area contributed by atoms with Crippen LogP contribution >= 0.6 is 11.6 Å². The Kier molecular flexibility index (Phi) is 5.76. The van der Waals surface area contributed by atoms with Crippen LogP contribution in [0.4, 0.5) is 11.4 Å². The Bertz CT molecular complexity index is 517. The maximum absolute atomic E-state index is 11.2. The first-order valence-electron chi connectivity index (χ1n) is 6.28. The van der Waals surface area contributed by atoms with E-state index in [9.17, 15) is 14.9 Å². The lowest BCUT2D eigenvalue weighted by atomic mass is 10.1. The van der Waals surface area contributed by atoms with Crippen molar-refractivity contribution in [3.8, 4) is 0 Å². The number of hydrogen-bond donors (Lipinski definition) is 2. The van der Waals surface area contributed by atoms with Crippen molar-refractivity contribution in [1.29, 1.82) is 0 Å². The minimum absolute atomic E-state index is 0.0427. The molecule has 0 aliphatic heterocycles. The molecule has 110 valence electrons. The zero-order valence-electron chi connectivity index (χ0n) is 11.4. The van der Waals surface area contributed by atoms with E-state index in [2.05, 4.69) is 19.2 Å². The van der Waals surface area contributed by atoms with Crippen LogP contribution in [0.5, 0.6) is 0 Å². The summed E-state index contributed by atoms with van der Waals surface area (Å²) in [6.45, 7) is 4.76. The van der Waals surface area contributed by atoms with Gasteiger partial charge < -0.3 is 10.4 Å². The van der Waals surface area contributed by atoms with Crippen molar-refractivity contribution in [3.63, 3.8) is 0 Å². The molecule has 20 heavy (non-hydrogen) atoms. The van der Waals surface area contributed by atoms with Crippen molar-refractivity contribution in [2.24, 2.45) is 5.92 Å². The SMILES string of the molecule is CC(C)CCCNc1c(Cl)cc([N+](=O)[O-])cc1C(=O)O. The molecule has 0 saturated heterocycles. The molecule has 0 saturated carbocycles. The Hall–Kier alpha value is -1.82. The molecular formula is C13H17ClN2O4. The number of non-ortho nitro benzene ring substituents is 1. The Balaban J connectivity index is 2.94. The summed E-state index contributed by atoms with van der Waals surface area (Å²) in [5.74, 6) is -0.690. The molecule has 0 spiro atoms. The van der Waals surface area contributed by atoms with Gasteiger partial charge in [-0.15, -0.1) is 0 Å². The van der Waals surface area contributed by atoms with Crippen LogP contribution in [0, 0.1) is 16.0 Å². The first kappa shape index (κ1) is 16.2. The predicted octanol–water partition coefficient (Wildman–Crippen LogP) is 3.79. The summed E-state index contributed by atoms with van der Waals surface area (Å²) in [5, 5.41) is 22.8. The minimum atomic E-state index is -1.25. The zero-order valence-corrected chi connectivity index (χ0v) is 12.1. The second-order valence-corrected chi connectivity index (χ2v) is 5.28. The zero-order chi connectivity index (χ0) is 15.3. The van der Waals surface area contributed by atoms with E-state index >= 15 is 0 Å². The number of anilines is 1. The number of aromatic carboxylic acids is 1. The van der Waals surface area contributed by atoms with Crippen molar-refractivity contribution in [2.45, 2.75) is 26.7 Å². The highest BCUT2D eigenvalue weighted by Crippen LogP contribution is 2.31. The number of nitro benzene ring substituents is 1. The number of hydrogen-bond acceptors (Lipinski definition) is 4. The molecule has 2 N–H and O–H groups in total. The smallest absolute Gasteiger partial charge is 0.338 e. The number of carboxylic acid groups (broad SMARTS) is 1. The van der Waals surface area contributed by atoms with Gasteiger partial charge in [0.05, 0.1) is 21.2 Å². The van der Waals surface area contributed by atoms with Crippen molar-refractivity contribution >= 4 is 28.9 Å². The Labute approximate surface area is 121 Å². The molecule has 0 radical (unpaired) electrons. The molecule has 1 aromatic rings. The normalized spacial score (nSPS) is 10.6. The summed E-state index contributed by atoms with van der Waals surface area (Å²) in [5.41, 5.74) is -0.289. The molecule has 6 nitrogen and oxygen atoms in total. The Morgan fingerprint density at radius 3 is 2.65 bits per heavy atom. The number of nitro groups is 1. The van der Waals surface area contributed by atoms with Gasteiger partial charge in [0, 0.05) is 18.7 Å². The van der Waals surface area contributed by atoms with Crippen LogP contribution in [0.3, 0.4) is 0 Å². The first-order valence-corrected chi connectivity index (χ1v) is 6.65. The van der Waals surface area contributed by atoms with E-state index in [1.165, 1.54) is 0 Å². The van der Waals surface area contributed by atoms with Gasteiger partial charge in [-0.2, -0.15) is 0 Å². The average Bonchev–Trinajstić information content (AvgIpc) is 2.34. The number of rotatable bonds is 7. The standard InChI is InChI=1S/C13H17ClN2O4/c1-8(2)4-3-5-15-12-10(13(17)18)6-9(16(19)20)7-11(12)14/h6-8,15H,3-5H2,1-2H3,(H,17,18). The highest BCUT2D eigenvalue weighted by Gasteiger charge is 2.19. The summed E-state index contributed by atoms with van der Waals surface area (Å²) < 4.78 is 0. The van der Waals surface area contributed by atoms with Gasteiger partial charge in [-0.25, -0.2) is 4.79 Å². The molecule has 0 aromatic heterocycles. The van der Waals surface area contributed by atoms with Crippen molar-refractivity contribution in [3.05, 3.63) is 32.8 Å². The third-order valence-corrected chi connectivity index (χ3v) is 3.07. The lowest BCUT2D eigenvalue weighted by Crippen LogP contribution is -2.09. The number of benzene rings is 1. The number of nitrogens with one attached hydrogen (secondary N) is 1. The van der Waals surface area contributed by atoms with Gasteiger partial charge in [-0.05, 0) is 18.8 Å². The molecule has 0 amide bonds. The fourth-order valence-electron chi connectivity index (χ4n) is 1.77. The summed E-state index contributed by atoms with van der Waals surface area (Å²) in [6, 6.07) is 2.16. The van der Waals surface area contributed by atoms with E-state index in [-0.39, 0.29) is 22.0 Å². The second-order valence-electron chi connectivity index (χ2n) is 4.88. The minimum Gasteiger partial charge on any atom is -0.478 e. The number of nitrogens with zero attached hydrogens (tertiary/aromatic N) is 1. The molecule has 7 heteroatoms. The van der Waals surface area contributed by atoms with E-state index < -0.39 is 10.9 Å². The maximum atomic E-state index is 11.2. The van der Waals surface area contributed by atoms with Crippen LogP contribution in [0.15, 0.2) is 12.1 Å². The topological polar surface area (TPSA) is 92.5 Å². The van der Waals surface area contributed by atoms with Gasteiger partial charge in [-0.3, -0.25) is 10.1 Å². The fourth-order valence-corrected chi connectivity index (χ4v) is 2.05. The lowest BCUT2D eigenvalue weighted by Gasteiger charge is -2.12. The molecule has 1 rings (SSSR count). The van der Waals surface area contributed by atoms with Gasteiger partial charge in [0.1, 0.15) is 0 Å². The molecule has 0 fully saturated rings. The third kappa shape index (κ3) is 4.38. The van der Waals surface area contributed by atoms with E-state index in [1.807, 2.05) is 0 Å². The summed E-state index contributed by atoms with van der Waals surface area (Å²) in [6.07, 6.45) is 1.87. The number of carboxylic acids is 1. The Morgan fingerprint density at radius 1 is 1.50 bits per heavy atom. The molecule has 0 aliphatic rings. The van der Waals surface area contributed by atoms with Gasteiger partial charge >= 0.3 is 5.97 Å². The Morgan fingerprint density at radius 2 is 2.15 bits per heavy atom. The van der Waals surface area contributed by atoms with Gasteiger partial charge in [0.2, 0.25) is 0 Å². The van der Waals surface area contributed by atoms with Crippen LogP contribution in [0.1, 0.15) is 37.0 Å². The molecule has 0 bridgehead atoms. The molecular weight excluding hydrogens is 284 g/mol. The largest absolute Gasteiger partial charge is 0.478 e. The van der Waals surface area contributed by atoms with E-state index in [0.29, 0.717) is 12.5 Å². The quantitative estimate of drug-likeness (QED) is 0.454. The van der Waals surface area contributed by atoms with Crippen molar-refractivity contribution in [1.82, 2.24) is 0 Å². The second kappa shape index (κ2) is 7.09. The summed E-state index contributed by atoms with van der Waals surface area (Å²) >= 11 is 5.93. The van der Waals surface area contributed by atoms with Crippen LogP contribution in [0.25, 0.3) is 0 Å². The maximum Gasteiger partial charge on any atom is 0.338 e. The lowest BCUT2D eigenvalue weighted by molar-refractivity contribution is -0.384. The fraction of sp³-hybridized carbons (Fsp3) is 0.462. The summed E-state index contributed by atoms with van der Waals surface area (Å²) in [7, 11) is 0. The van der Waals surface area contributed by atoms with Gasteiger partial charge in [-0.1, -0.05) is 25.4 Å². The first-order chi connectivity index (χ1) is 9.32. The van der Waals surface area contributed by atoms with Crippen LogP contribution < -0.4 is 5.32 Å². The van der Waals surface area contributed by atoms with Crippen LogP contribution in [0.2, 0.25) is 5.02 Å².